The lowest BCUT2D eigenvalue weighted by Crippen LogP contribution is -2.29. The van der Waals surface area contributed by atoms with Crippen molar-refractivity contribution in [2.75, 3.05) is 16.0 Å². The fourth-order valence-corrected chi connectivity index (χ4v) is 5.16. The molecule has 1 atom stereocenters. The van der Waals surface area contributed by atoms with Crippen LogP contribution in [0.15, 0.2) is 72.8 Å². The monoisotopic (exact) mass is 430 g/mol. The molecule has 0 aliphatic carbocycles. The van der Waals surface area contributed by atoms with Gasteiger partial charge in [0.15, 0.2) is 0 Å². The van der Waals surface area contributed by atoms with Crippen LogP contribution < -0.4 is 10.2 Å². The zero-order valence-electron chi connectivity index (χ0n) is 18.0. The van der Waals surface area contributed by atoms with E-state index in [9.17, 15) is 9.59 Å². The predicted octanol–water partition coefficient (Wildman–Crippen LogP) is 6.15. The summed E-state index contributed by atoms with van der Waals surface area (Å²) in [5, 5.41) is 2.88. The van der Waals surface area contributed by atoms with Crippen LogP contribution in [0.3, 0.4) is 0 Å². The second-order valence-electron chi connectivity index (χ2n) is 8.00. The lowest BCUT2D eigenvalue weighted by molar-refractivity contribution is -0.115. The first kappa shape index (κ1) is 21.2. The summed E-state index contributed by atoms with van der Waals surface area (Å²) < 4.78 is 0. The Kier molecular flexibility index (Phi) is 6.14. The average Bonchev–Trinajstić information content (AvgIpc) is 3.15. The van der Waals surface area contributed by atoms with E-state index in [-0.39, 0.29) is 17.2 Å². The van der Waals surface area contributed by atoms with Gasteiger partial charge in [-0.15, -0.1) is 11.8 Å². The van der Waals surface area contributed by atoms with Crippen LogP contribution >= 0.6 is 11.8 Å². The van der Waals surface area contributed by atoms with Crippen molar-refractivity contribution in [2.45, 2.75) is 32.1 Å². The van der Waals surface area contributed by atoms with E-state index in [4.69, 9.17) is 0 Å². The van der Waals surface area contributed by atoms with Gasteiger partial charge in [-0.2, -0.15) is 0 Å². The third kappa shape index (κ3) is 4.23. The fraction of sp³-hybridized carbons (Fsp3) is 0.231. The Hall–Kier alpha value is -3.05. The van der Waals surface area contributed by atoms with Gasteiger partial charge in [-0.25, -0.2) is 0 Å². The molecule has 0 saturated carbocycles. The van der Waals surface area contributed by atoms with Crippen molar-refractivity contribution in [3.8, 4) is 0 Å². The van der Waals surface area contributed by atoms with Crippen LogP contribution in [-0.2, 0) is 4.79 Å². The van der Waals surface area contributed by atoms with E-state index in [1.54, 1.807) is 11.8 Å². The molecule has 0 spiro atoms. The van der Waals surface area contributed by atoms with Gasteiger partial charge in [-0.1, -0.05) is 68.4 Å². The number of amides is 2. The van der Waals surface area contributed by atoms with Crippen LogP contribution in [-0.4, -0.2) is 17.6 Å². The van der Waals surface area contributed by atoms with E-state index < -0.39 is 0 Å². The molecular formula is C26H26N2O2S. The first-order chi connectivity index (χ1) is 15.0. The number of anilines is 2. The molecule has 0 radical (unpaired) electrons. The molecule has 1 unspecified atom stereocenters. The van der Waals surface area contributed by atoms with E-state index in [1.165, 1.54) is 0 Å². The molecule has 1 fully saturated rings. The van der Waals surface area contributed by atoms with Gasteiger partial charge in [-0.3, -0.25) is 14.5 Å². The minimum Gasteiger partial charge on any atom is -0.322 e. The largest absolute Gasteiger partial charge is 0.322 e. The number of rotatable bonds is 5. The molecule has 1 heterocycles. The van der Waals surface area contributed by atoms with E-state index >= 15 is 0 Å². The number of para-hydroxylation sites is 2. The van der Waals surface area contributed by atoms with Crippen LogP contribution in [0.25, 0.3) is 0 Å². The molecule has 4 rings (SSSR count). The Bertz CT molecular complexity index is 1130. The standard InChI is InChI=1S/C26H26N2O2S/c1-17(2)19-11-7-9-15-23(19)28-24(29)16-31-26(28)21-13-6-8-14-22(21)27-25(30)20-12-5-4-10-18(20)3/h4-15,17,26H,16H2,1-3H3,(H,27,30). The number of carbonyl (C=O) groups excluding carboxylic acids is 2. The highest BCUT2D eigenvalue weighted by Crippen LogP contribution is 2.46. The Morgan fingerprint density at radius 1 is 1.00 bits per heavy atom. The second-order valence-corrected chi connectivity index (χ2v) is 9.07. The minimum absolute atomic E-state index is 0.0862. The summed E-state index contributed by atoms with van der Waals surface area (Å²) in [7, 11) is 0. The quantitative estimate of drug-likeness (QED) is 0.528. The zero-order valence-corrected chi connectivity index (χ0v) is 18.8. The van der Waals surface area contributed by atoms with Gasteiger partial charge in [0.1, 0.15) is 5.37 Å². The van der Waals surface area contributed by atoms with Gasteiger partial charge >= 0.3 is 0 Å². The highest BCUT2D eigenvalue weighted by atomic mass is 32.2. The topological polar surface area (TPSA) is 49.4 Å². The normalized spacial score (nSPS) is 16.1. The summed E-state index contributed by atoms with van der Waals surface area (Å²) in [6.45, 7) is 6.20. The van der Waals surface area contributed by atoms with E-state index in [0.717, 1.165) is 28.1 Å². The van der Waals surface area contributed by atoms with Crippen LogP contribution in [0.1, 0.15) is 52.2 Å². The number of carbonyl (C=O) groups is 2. The van der Waals surface area contributed by atoms with Crippen LogP contribution in [0.5, 0.6) is 0 Å². The molecule has 158 valence electrons. The van der Waals surface area contributed by atoms with E-state index in [2.05, 4.69) is 25.2 Å². The number of hydrogen-bond donors (Lipinski definition) is 1. The summed E-state index contributed by atoms with van der Waals surface area (Å²) in [6, 6.07) is 23.4. The molecule has 1 aliphatic rings. The smallest absolute Gasteiger partial charge is 0.255 e. The molecule has 0 bridgehead atoms. The Labute approximate surface area is 187 Å². The molecule has 2 amide bonds. The zero-order chi connectivity index (χ0) is 22.0. The van der Waals surface area contributed by atoms with Gasteiger partial charge in [0, 0.05) is 22.5 Å². The summed E-state index contributed by atoms with van der Waals surface area (Å²) >= 11 is 1.59. The van der Waals surface area contributed by atoms with Crippen LogP contribution in [0, 0.1) is 6.92 Å². The third-order valence-electron chi connectivity index (χ3n) is 5.55. The van der Waals surface area contributed by atoms with Gasteiger partial charge in [0.2, 0.25) is 5.91 Å². The number of nitrogens with zero attached hydrogens (tertiary/aromatic N) is 1. The summed E-state index contributed by atoms with van der Waals surface area (Å²) in [5.41, 5.74) is 5.32. The van der Waals surface area contributed by atoms with Gasteiger partial charge in [0.25, 0.3) is 5.91 Å². The minimum atomic E-state index is -0.194. The maximum atomic E-state index is 13.0. The Balaban J connectivity index is 1.71. The third-order valence-corrected chi connectivity index (χ3v) is 6.75. The number of aryl methyl sites for hydroxylation is 1. The maximum absolute atomic E-state index is 13.0. The Morgan fingerprint density at radius 2 is 1.68 bits per heavy atom. The van der Waals surface area contributed by atoms with Crippen molar-refractivity contribution >= 4 is 35.0 Å². The number of nitrogens with one attached hydrogen (secondary N) is 1. The van der Waals surface area contributed by atoms with Gasteiger partial charge < -0.3 is 5.32 Å². The lowest BCUT2D eigenvalue weighted by atomic mass is 10.00. The lowest BCUT2D eigenvalue weighted by Gasteiger charge is -2.29. The van der Waals surface area contributed by atoms with Crippen molar-refractivity contribution in [1.82, 2.24) is 0 Å². The summed E-state index contributed by atoms with van der Waals surface area (Å²) in [4.78, 5) is 27.8. The molecule has 4 nitrogen and oxygen atoms in total. The highest BCUT2D eigenvalue weighted by molar-refractivity contribution is 8.00. The van der Waals surface area contributed by atoms with Gasteiger partial charge in [-0.05, 0) is 42.2 Å². The van der Waals surface area contributed by atoms with Gasteiger partial charge in [0.05, 0.1) is 5.75 Å². The van der Waals surface area contributed by atoms with Crippen molar-refractivity contribution in [2.24, 2.45) is 0 Å². The van der Waals surface area contributed by atoms with E-state index in [0.29, 0.717) is 17.2 Å². The van der Waals surface area contributed by atoms with Crippen molar-refractivity contribution in [3.05, 3.63) is 95.1 Å². The van der Waals surface area contributed by atoms with Crippen molar-refractivity contribution < 1.29 is 9.59 Å². The molecule has 1 saturated heterocycles. The molecular weight excluding hydrogens is 404 g/mol. The van der Waals surface area contributed by atoms with Crippen LogP contribution in [0.4, 0.5) is 11.4 Å². The molecule has 1 aliphatic heterocycles. The van der Waals surface area contributed by atoms with Crippen LogP contribution in [0.2, 0.25) is 0 Å². The molecule has 0 aromatic heterocycles. The highest BCUT2D eigenvalue weighted by Gasteiger charge is 2.36. The number of thioether (sulfide) groups is 1. The van der Waals surface area contributed by atoms with E-state index in [1.807, 2.05) is 78.6 Å². The fourth-order valence-electron chi connectivity index (χ4n) is 3.95. The number of benzene rings is 3. The molecule has 31 heavy (non-hydrogen) atoms. The molecule has 1 N–H and O–H groups in total. The number of hydrogen-bond acceptors (Lipinski definition) is 3. The molecule has 3 aromatic carbocycles. The summed E-state index contributed by atoms with van der Waals surface area (Å²) in [5.74, 6) is 0.653. The average molecular weight is 431 g/mol. The summed E-state index contributed by atoms with van der Waals surface area (Å²) in [6.07, 6.45) is 0. The van der Waals surface area contributed by atoms with Crippen molar-refractivity contribution in [3.63, 3.8) is 0 Å². The molecule has 3 aromatic rings. The second kappa shape index (κ2) is 8.98. The SMILES string of the molecule is Cc1ccccc1C(=O)Nc1ccccc1C1SCC(=O)N1c1ccccc1C(C)C. The Morgan fingerprint density at radius 3 is 2.45 bits per heavy atom. The first-order valence-corrected chi connectivity index (χ1v) is 11.5. The molecule has 5 heteroatoms. The predicted molar refractivity (Wildman–Crippen MR) is 129 cm³/mol. The first-order valence-electron chi connectivity index (χ1n) is 10.5. The van der Waals surface area contributed by atoms with Crippen molar-refractivity contribution in [1.29, 1.82) is 0 Å². The maximum Gasteiger partial charge on any atom is 0.255 e.